The molecule has 0 radical (unpaired) electrons. The van der Waals surface area contributed by atoms with Gasteiger partial charge in [0.25, 0.3) is 0 Å². The highest BCUT2D eigenvalue weighted by atomic mass is 16.2. The van der Waals surface area contributed by atoms with E-state index in [2.05, 4.69) is 34.1 Å². The molecule has 26 heavy (non-hydrogen) atoms. The number of nitrogens with zero attached hydrogens (tertiary/aromatic N) is 4. The normalized spacial score (nSPS) is 15.7. The van der Waals surface area contributed by atoms with Crippen LogP contribution in [0.4, 0.5) is 0 Å². The molecule has 1 aliphatic heterocycles. The second-order valence-corrected chi connectivity index (χ2v) is 7.27. The van der Waals surface area contributed by atoms with Crippen LogP contribution >= 0.6 is 0 Å². The highest BCUT2D eigenvalue weighted by Gasteiger charge is 2.25. The van der Waals surface area contributed by atoms with Crippen molar-refractivity contribution in [3.63, 3.8) is 0 Å². The van der Waals surface area contributed by atoms with Gasteiger partial charge in [-0.2, -0.15) is 5.10 Å². The molecule has 1 saturated heterocycles. The second kappa shape index (κ2) is 6.59. The maximum Gasteiger partial charge on any atom is 0.244 e. The van der Waals surface area contributed by atoms with Gasteiger partial charge in [0.1, 0.15) is 6.54 Å². The maximum absolute atomic E-state index is 12.7. The van der Waals surface area contributed by atoms with Crippen LogP contribution in [-0.2, 0) is 11.3 Å². The van der Waals surface area contributed by atoms with Crippen molar-refractivity contribution in [2.45, 2.75) is 46.1 Å². The van der Waals surface area contributed by atoms with Crippen LogP contribution in [0.15, 0.2) is 24.4 Å². The highest BCUT2D eigenvalue weighted by Crippen LogP contribution is 2.29. The predicted octanol–water partition coefficient (Wildman–Crippen LogP) is 3.09. The third kappa shape index (κ3) is 3.00. The molecule has 0 bridgehead atoms. The first-order valence-corrected chi connectivity index (χ1v) is 9.25. The number of carbonyl (C=O) groups is 1. The third-order valence-corrected chi connectivity index (χ3v) is 5.73. The van der Waals surface area contributed by atoms with Crippen molar-refractivity contribution in [3.05, 3.63) is 47.0 Å². The molecule has 0 aromatic carbocycles. The first-order chi connectivity index (χ1) is 12.5. The van der Waals surface area contributed by atoms with Gasteiger partial charge in [-0.15, -0.1) is 0 Å². The minimum absolute atomic E-state index is 0.160. The van der Waals surface area contributed by atoms with Crippen LogP contribution in [0.5, 0.6) is 0 Å². The molecule has 1 N–H and O–H groups in total. The summed E-state index contributed by atoms with van der Waals surface area (Å²) in [5.41, 5.74) is 6.59. The van der Waals surface area contributed by atoms with Gasteiger partial charge in [0.15, 0.2) is 0 Å². The average molecular weight is 351 g/mol. The average Bonchev–Trinajstić information content (AvgIpc) is 3.19. The van der Waals surface area contributed by atoms with Crippen molar-refractivity contribution in [1.82, 2.24) is 24.6 Å². The van der Waals surface area contributed by atoms with E-state index in [4.69, 9.17) is 0 Å². The van der Waals surface area contributed by atoms with Gasteiger partial charge >= 0.3 is 0 Å². The number of aromatic nitrogens is 4. The molecule has 3 aromatic rings. The third-order valence-electron chi connectivity index (χ3n) is 5.73. The molecular formula is C20H25N5O. The van der Waals surface area contributed by atoms with Gasteiger partial charge in [-0.1, -0.05) is 0 Å². The fourth-order valence-electron chi connectivity index (χ4n) is 3.81. The van der Waals surface area contributed by atoms with Crippen molar-refractivity contribution in [2.75, 3.05) is 13.1 Å². The number of pyridine rings is 1. The number of amides is 1. The Morgan fingerprint density at radius 2 is 2.04 bits per heavy atom. The smallest absolute Gasteiger partial charge is 0.244 e. The number of hydrogen-bond acceptors (Lipinski definition) is 3. The summed E-state index contributed by atoms with van der Waals surface area (Å²) in [5.74, 6) is 0.622. The molecule has 0 saturated carbocycles. The number of likely N-dealkylation sites (tertiary alicyclic amines) is 1. The molecule has 0 spiro atoms. The lowest BCUT2D eigenvalue weighted by atomic mass is 9.93. The summed E-state index contributed by atoms with van der Waals surface area (Å²) >= 11 is 0. The Morgan fingerprint density at radius 1 is 1.27 bits per heavy atom. The largest absolute Gasteiger partial charge is 0.357 e. The van der Waals surface area contributed by atoms with Crippen molar-refractivity contribution in [3.8, 4) is 0 Å². The Labute approximate surface area is 153 Å². The standard InChI is InChI=1S/C20H25N5O/c1-13-14(2)23-25(15(13)3)12-20(26)24-9-6-16(7-10-24)18-11-19-17(22-18)5-4-8-21-19/h4-5,8,11,16,22H,6-7,9-10,12H2,1-3H3. The number of rotatable bonds is 3. The van der Waals surface area contributed by atoms with E-state index < -0.39 is 0 Å². The number of aromatic amines is 1. The van der Waals surface area contributed by atoms with E-state index in [1.54, 1.807) is 0 Å². The molecule has 1 aliphatic rings. The van der Waals surface area contributed by atoms with Crippen molar-refractivity contribution >= 4 is 16.9 Å². The number of H-pyrrole nitrogens is 1. The fraction of sp³-hybridized carbons (Fsp3) is 0.450. The van der Waals surface area contributed by atoms with Crippen LogP contribution in [0, 0.1) is 20.8 Å². The van der Waals surface area contributed by atoms with Gasteiger partial charge in [-0.25, -0.2) is 0 Å². The minimum Gasteiger partial charge on any atom is -0.357 e. The first kappa shape index (κ1) is 16.8. The Hall–Kier alpha value is -2.63. The SMILES string of the molecule is Cc1nn(CC(=O)N2CCC(c3cc4ncccc4[nH]3)CC2)c(C)c1C. The van der Waals surface area contributed by atoms with E-state index in [1.165, 1.54) is 11.3 Å². The summed E-state index contributed by atoms with van der Waals surface area (Å²) in [4.78, 5) is 22.5. The summed E-state index contributed by atoms with van der Waals surface area (Å²) in [6.07, 6.45) is 3.78. The summed E-state index contributed by atoms with van der Waals surface area (Å²) in [6, 6.07) is 6.15. The zero-order chi connectivity index (χ0) is 18.3. The maximum atomic E-state index is 12.7. The second-order valence-electron chi connectivity index (χ2n) is 7.27. The molecule has 0 aliphatic carbocycles. The number of fused-ring (bicyclic) bond motifs is 1. The summed E-state index contributed by atoms with van der Waals surface area (Å²) in [5, 5.41) is 4.49. The molecule has 136 valence electrons. The fourth-order valence-corrected chi connectivity index (χ4v) is 3.81. The van der Waals surface area contributed by atoms with Crippen molar-refractivity contribution in [2.24, 2.45) is 0 Å². The van der Waals surface area contributed by atoms with Gasteiger partial charge in [-0.05, 0) is 57.4 Å². The van der Waals surface area contributed by atoms with Crippen LogP contribution in [0.1, 0.15) is 41.4 Å². The molecule has 0 unspecified atom stereocenters. The molecule has 4 rings (SSSR count). The Bertz CT molecular complexity index is 913. The number of nitrogens with one attached hydrogen (secondary N) is 1. The van der Waals surface area contributed by atoms with Crippen molar-refractivity contribution < 1.29 is 4.79 Å². The molecule has 4 heterocycles. The van der Waals surface area contributed by atoms with Crippen LogP contribution in [0.3, 0.4) is 0 Å². The Balaban J connectivity index is 1.39. The van der Waals surface area contributed by atoms with E-state index >= 15 is 0 Å². The molecule has 1 fully saturated rings. The van der Waals surface area contributed by atoms with Crippen LogP contribution in [0.2, 0.25) is 0 Å². The number of aryl methyl sites for hydroxylation is 1. The molecule has 6 nitrogen and oxygen atoms in total. The van der Waals surface area contributed by atoms with Gasteiger partial charge in [0, 0.05) is 36.6 Å². The molecule has 6 heteroatoms. The van der Waals surface area contributed by atoms with E-state index in [0.29, 0.717) is 12.5 Å². The molecule has 1 amide bonds. The van der Waals surface area contributed by atoms with E-state index in [1.807, 2.05) is 35.7 Å². The Kier molecular flexibility index (Phi) is 4.26. The zero-order valence-corrected chi connectivity index (χ0v) is 15.6. The minimum atomic E-state index is 0.160. The lowest BCUT2D eigenvalue weighted by Gasteiger charge is -2.31. The van der Waals surface area contributed by atoms with Crippen LogP contribution < -0.4 is 0 Å². The number of carbonyl (C=O) groups excluding carboxylic acids is 1. The van der Waals surface area contributed by atoms with Gasteiger partial charge < -0.3 is 9.88 Å². The topological polar surface area (TPSA) is 66.8 Å². The first-order valence-electron chi connectivity index (χ1n) is 9.25. The molecule has 3 aromatic heterocycles. The van der Waals surface area contributed by atoms with E-state index in [0.717, 1.165) is 48.4 Å². The lowest BCUT2D eigenvalue weighted by Crippen LogP contribution is -2.40. The van der Waals surface area contributed by atoms with Gasteiger partial charge in [-0.3, -0.25) is 14.5 Å². The quantitative estimate of drug-likeness (QED) is 0.788. The van der Waals surface area contributed by atoms with Crippen molar-refractivity contribution in [1.29, 1.82) is 0 Å². The predicted molar refractivity (Wildman–Crippen MR) is 101 cm³/mol. The van der Waals surface area contributed by atoms with Gasteiger partial charge in [0.2, 0.25) is 5.91 Å². The lowest BCUT2D eigenvalue weighted by molar-refractivity contribution is -0.133. The zero-order valence-electron chi connectivity index (χ0n) is 15.6. The van der Waals surface area contributed by atoms with Crippen LogP contribution in [0.25, 0.3) is 11.0 Å². The van der Waals surface area contributed by atoms with Gasteiger partial charge in [0.05, 0.1) is 16.7 Å². The summed E-state index contributed by atoms with van der Waals surface area (Å²) in [7, 11) is 0. The highest BCUT2D eigenvalue weighted by molar-refractivity contribution is 5.77. The number of piperidine rings is 1. The van der Waals surface area contributed by atoms with Crippen LogP contribution in [-0.4, -0.2) is 43.6 Å². The molecule has 0 atom stereocenters. The molecular weight excluding hydrogens is 326 g/mol. The number of hydrogen-bond donors (Lipinski definition) is 1. The monoisotopic (exact) mass is 351 g/mol. The van der Waals surface area contributed by atoms with E-state index in [-0.39, 0.29) is 5.91 Å². The summed E-state index contributed by atoms with van der Waals surface area (Å²) in [6.45, 7) is 8.00. The van der Waals surface area contributed by atoms with E-state index in [9.17, 15) is 4.79 Å². The Morgan fingerprint density at radius 3 is 2.69 bits per heavy atom. The summed E-state index contributed by atoms with van der Waals surface area (Å²) < 4.78 is 1.84.